The van der Waals surface area contributed by atoms with Gasteiger partial charge in [0.1, 0.15) is 6.04 Å². The van der Waals surface area contributed by atoms with Crippen molar-refractivity contribution in [3.05, 3.63) is 71.4 Å². The Morgan fingerprint density at radius 3 is 2.59 bits per heavy atom. The molecule has 7 heteroatoms. The Balaban J connectivity index is 1.89. The summed E-state index contributed by atoms with van der Waals surface area (Å²) in [6.45, 7) is 2.65. The van der Waals surface area contributed by atoms with Gasteiger partial charge in [-0.2, -0.15) is 13.2 Å². The molecule has 0 aliphatic rings. The molecule has 2 N–H and O–H groups in total. The average Bonchev–Trinajstić information content (AvgIpc) is 3.00. The Hall–Kier alpha value is -2.80. The number of nitrogens with zero attached hydrogens (tertiary/aromatic N) is 1. The standard InChI is InChI=1S/C20H19F3N2O2/c1-2-25-12-16(15-8-3-4-9-17(15)25)18(19(26)27)24-11-13-6-5-7-14(10-13)20(21,22)23/h3-10,12,18,24H,2,11H2,1H3,(H,26,27). The van der Waals surface area contributed by atoms with E-state index in [-0.39, 0.29) is 6.54 Å². The highest BCUT2D eigenvalue weighted by Gasteiger charge is 2.30. The first-order chi connectivity index (χ1) is 12.8. The van der Waals surface area contributed by atoms with Crippen molar-refractivity contribution >= 4 is 16.9 Å². The molecule has 4 nitrogen and oxygen atoms in total. The van der Waals surface area contributed by atoms with Crippen LogP contribution < -0.4 is 5.32 Å². The van der Waals surface area contributed by atoms with Crippen LogP contribution in [0.4, 0.5) is 13.2 Å². The van der Waals surface area contributed by atoms with E-state index in [0.29, 0.717) is 17.7 Å². The molecular formula is C20H19F3N2O2. The van der Waals surface area contributed by atoms with Gasteiger partial charge in [-0.05, 0) is 24.6 Å². The van der Waals surface area contributed by atoms with Crippen molar-refractivity contribution in [1.29, 1.82) is 0 Å². The van der Waals surface area contributed by atoms with E-state index in [1.54, 1.807) is 6.20 Å². The third-order valence-electron chi connectivity index (χ3n) is 4.48. The molecule has 0 saturated carbocycles. The van der Waals surface area contributed by atoms with E-state index in [0.717, 1.165) is 23.0 Å². The second-order valence-electron chi connectivity index (χ2n) is 6.24. The second-order valence-corrected chi connectivity index (χ2v) is 6.24. The van der Waals surface area contributed by atoms with E-state index in [1.807, 2.05) is 35.8 Å². The van der Waals surface area contributed by atoms with E-state index in [9.17, 15) is 23.1 Å². The van der Waals surface area contributed by atoms with Crippen LogP contribution in [0.2, 0.25) is 0 Å². The minimum atomic E-state index is -4.43. The predicted molar refractivity (Wildman–Crippen MR) is 96.3 cm³/mol. The van der Waals surface area contributed by atoms with Crippen molar-refractivity contribution in [2.75, 3.05) is 0 Å². The van der Waals surface area contributed by atoms with Gasteiger partial charge < -0.3 is 9.67 Å². The number of carboxylic acids is 1. The summed E-state index contributed by atoms with van der Waals surface area (Å²) in [5, 5.41) is 13.4. The first-order valence-electron chi connectivity index (χ1n) is 8.51. The summed E-state index contributed by atoms with van der Waals surface area (Å²) in [5.74, 6) is -1.08. The van der Waals surface area contributed by atoms with Gasteiger partial charge in [-0.15, -0.1) is 0 Å². The second kappa shape index (κ2) is 7.44. The maximum Gasteiger partial charge on any atom is 0.416 e. The molecule has 0 fully saturated rings. The number of alkyl halides is 3. The third kappa shape index (κ3) is 3.98. The van der Waals surface area contributed by atoms with Gasteiger partial charge in [-0.25, -0.2) is 0 Å². The Morgan fingerprint density at radius 2 is 1.93 bits per heavy atom. The quantitative estimate of drug-likeness (QED) is 0.661. The molecule has 0 radical (unpaired) electrons. The number of hydrogen-bond acceptors (Lipinski definition) is 2. The summed E-state index contributed by atoms with van der Waals surface area (Å²) in [4.78, 5) is 11.8. The molecule has 1 atom stereocenters. The minimum absolute atomic E-state index is 0.00647. The summed E-state index contributed by atoms with van der Waals surface area (Å²) in [6, 6.07) is 11.3. The lowest BCUT2D eigenvalue weighted by Crippen LogP contribution is -2.28. The molecule has 0 saturated heterocycles. The molecule has 1 unspecified atom stereocenters. The zero-order chi connectivity index (χ0) is 19.6. The van der Waals surface area contributed by atoms with Crippen molar-refractivity contribution in [1.82, 2.24) is 9.88 Å². The SMILES string of the molecule is CCn1cc(C(NCc2cccc(C(F)(F)F)c2)C(=O)O)c2ccccc21. The van der Waals surface area contributed by atoms with Gasteiger partial charge in [0.25, 0.3) is 0 Å². The van der Waals surface area contributed by atoms with E-state index in [2.05, 4.69) is 5.32 Å². The van der Waals surface area contributed by atoms with E-state index >= 15 is 0 Å². The van der Waals surface area contributed by atoms with Crippen LogP contribution in [0.1, 0.15) is 29.7 Å². The number of rotatable bonds is 6. The Bertz CT molecular complexity index is 963. The number of para-hydroxylation sites is 1. The van der Waals surface area contributed by atoms with Crippen LogP contribution in [0, 0.1) is 0 Å². The molecule has 142 valence electrons. The smallest absolute Gasteiger partial charge is 0.416 e. The highest BCUT2D eigenvalue weighted by atomic mass is 19.4. The van der Waals surface area contributed by atoms with Crippen molar-refractivity contribution in [2.24, 2.45) is 0 Å². The van der Waals surface area contributed by atoms with E-state index in [4.69, 9.17) is 0 Å². The van der Waals surface area contributed by atoms with Crippen molar-refractivity contribution in [3.8, 4) is 0 Å². The van der Waals surface area contributed by atoms with Crippen molar-refractivity contribution in [2.45, 2.75) is 32.2 Å². The molecule has 3 rings (SSSR count). The van der Waals surface area contributed by atoms with Crippen LogP contribution in [0.25, 0.3) is 10.9 Å². The molecule has 2 aromatic carbocycles. The van der Waals surface area contributed by atoms with Crippen LogP contribution >= 0.6 is 0 Å². The largest absolute Gasteiger partial charge is 0.480 e. The number of aromatic nitrogens is 1. The van der Waals surface area contributed by atoms with E-state index in [1.165, 1.54) is 12.1 Å². The fourth-order valence-corrected chi connectivity index (χ4v) is 3.17. The van der Waals surface area contributed by atoms with Gasteiger partial charge in [0.15, 0.2) is 0 Å². The molecule has 1 aromatic heterocycles. The molecular weight excluding hydrogens is 357 g/mol. The molecule has 0 aliphatic carbocycles. The number of carboxylic acid groups (broad SMARTS) is 1. The summed E-state index contributed by atoms with van der Waals surface area (Å²) >= 11 is 0. The van der Waals surface area contributed by atoms with Gasteiger partial charge >= 0.3 is 12.1 Å². The lowest BCUT2D eigenvalue weighted by atomic mass is 10.0. The average molecular weight is 376 g/mol. The van der Waals surface area contributed by atoms with Gasteiger partial charge in [-0.1, -0.05) is 36.4 Å². The van der Waals surface area contributed by atoms with Gasteiger partial charge in [0.05, 0.1) is 5.56 Å². The van der Waals surface area contributed by atoms with Crippen molar-refractivity contribution < 1.29 is 23.1 Å². The van der Waals surface area contributed by atoms with Crippen LogP contribution in [0.5, 0.6) is 0 Å². The fraction of sp³-hybridized carbons (Fsp3) is 0.250. The number of aryl methyl sites for hydroxylation is 1. The number of fused-ring (bicyclic) bond motifs is 1. The molecule has 3 aromatic rings. The number of benzene rings is 2. The first-order valence-corrected chi connectivity index (χ1v) is 8.51. The van der Waals surface area contributed by atoms with Crippen LogP contribution in [0.15, 0.2) is 54.7 Å². The lowest BCUT2D eigenvalue weighted by molar-refractivity contribution is -0.140. The summed E-state index contributed by atoms with van der Waals surface area (Å²) in [5.41, 5.74) is 1.13. The fourth-order valence-electron chi connectivity index (χ4n) is 3.17. The van der Waals surface area contributed by atoms with Gasteiger partial charge in [-0.3, -0.25) is 10.1 Å². The number of hydrogen-bond donors (Lipinski definition) is 2. The highest BCUT2D eigenvalue weighted by Crippen LogP contribution is 2.30. The number of halogens is 3. The zero-order valence-electron chi connectivity index (χ0n) is 14.6. The zero-order valence-corrected chi connectivity index (χ0v) is 14.6. The highest BCUT2D eigenvalue weighted by molar-refractivity contribution is 5.89. The van der Waals surface area contributed by atoms with Gasteiger partial charge in [0.2, 0.25) is 0 Å². The number of aliphatic carboxylic acids is 1. The molecule has 0 aliphatic heterocycles. The Labute approximate surface area is 154 Å². The van der Waals surface area contributed by atoms with E-state index < -0.39 is 23.8 Å². The monoisotopic (exact) mass is 376 g/mol. The lowest BCUT2D eigenvalue weighted by Gasteiger charge is -2.15. The minimum Gasteiger partial charge on any atom is -0.480 e. The maximum atomic E-state index is 12.9. The molecule has 1 heterocycles. The van der Waals surface area contributed by atoms with Crippen molar-refractivity contribution in [3.63, 3.8) is 0 Å². The topological polar surface area (TPSA) is 54.3 Å². The summed E-state index contributed by atoms with van der Waals surface area (Å²) in [7, 11) is 0. The number of nitrogens with one attached hydrogen (secondary N) is 1. The molecule has 27 heavy (non-hydrogen) atoms. The normalized spacial score (nSPS) is 13.0. The van der Waals surface area contributed by atoms with Crippen LogP contribution in [-0.4, -0.2) is 15.6 Å². The summed E-state index contributed by atoms with van der Waals surface area (Å²) < 4.78 is 40.5. The Morgan fingerprint density at radius 1 is 1.19 bits per heavy atom. The first kappa shape index (κ1) is 19.0. The van der Waals surface area contributed by atoms with Crippen LogP contribution in [-0.2, 0) is 24.1 Å². The summed E-state index contributed by atoms with van der Waals surface area (Å²) in [6.07, 6.45) is -2.65. The molecule has 0 bridgehead atoms. The van der Waals surface area contributed by atoms with Crippen LogP contribution in [0.3, 0.4) is 0 Å². The maximum absolute atomic E-state index is 12.9. The molecule has 0 amide bonds. The third-order valence-corrected chi connectivity index (χ3v) is 4.48. The molecule has 0 spiro atoms. The Kier molecular flexibility index (Phi) is 5.23. The number of carbonyl (C=O) groups is 1. The van der Waals surface area contributed by atoms with Gasteiger partial charge in [0, 0.05) is 35.8 Å². The predicted octanol–water partition coefficient (Wildman–Crippen LogP) is 4.60.